The van der Waals surface area contributed by atoms with Gasteiger partial charge in [0.2, 0.25) is 0 Å². The van der Waals surface area contributed by atoms with Gasteiger partial charge in [-0.3, -0.25) is 0 Å². The van der Waals surface area contributed by atoms with E-state index >= 15 is 0 Å². The Balaban J connectivity index is 1.67. The lowest BCUT2D eigenvalue weighted by Gasteiger charge is -2.19. The number of benzene rings is 1. The fourth-order valence-electron chi connectivity index (χ4n) is 4.37. The van der Waals surface area contributed by atoms with Crippen LogP contribution in [-0.4, -0.2) is 19.7 Å². The van der Waals surface area contributed by atoms with E-state index in [1.165, 1.54) is 37.7 Å². The molecule has 116 valence electrons. The number of methoxy groups -OCH3 is 1. The van der Waals surface area contributed by atoms with Gasteiger partial charge in [-0.15, -0.1) is 0 Å². The molecular weight excluding hydrogens is 258 g/mol. The minimum absolute atomic E-state index is 0.658. The van der Waals surface area contributed by atoms with E-state index in [2.05, 4.69) is 30.4 Å². The van der Waals surface area contributed by atoms with E-state index in [-0.39, 0.29) is 0 Å². The van der Waals surface area contributed by atoms with Gasteiger partial charge in [-0.2, -0.15) is 0 Å². The van der Waals surface area contributed by atoms with Gasteiger partial charge >= 0.3 is 0 Å². The first kappa shape index (κ1) is 14.9. The van der Waals surface area contributed by atoms with Gasteiger partial charge in [0.25, 0.3) is 0 Å². The second-order valence-corrected chi connectivity index (χ2v) is 6.81. The smallest absolute Gasteiger partial charge is 0.119 e. The number of hydrogen-bond donors (Lipinski definition) is 1. The van der Waals surface area contributed by atoms with Crippen molar-refractivity contribution < 1.29 is 4.74 Å². The van der Waals surface area contributed by atoms with Gasteiger partial charge in [-0.05, 0) is 67.7 Å². The average Bonchev–Trinajstić information content (AvgIpc) is 3.26. The van der Waals surface area contributed by atoms with E-state index in [0.29, 0.717) is 6.04 Å². The summed E-state index contributed by atoms with van der Waals surface area (Å²) in [5.74, 6) is 3.93. The molecule has 1 aromatic carbocycles. The molecule has 0 amide bonds. The maximum absolute atomic E-state index is 5.37. The molecule has 0 heterocycles. The fraction of sp³-hybridized carbons (Fsp3) is 0.684. The highest BCUT2D eigenvalue weighted by Crippen LogP contribution is 2.57. The van der Waals surface area contributed by atoms with Crippen molar-refractivity contribution in [3.05, 3.63) is 29.8 Å². The first-order valence-electron chi connectivity index (χ1n) is 8.69. The molecule has 2 nitrogen and oxygen atoms in total. The molecule has 0 saturated heterocycles. The van der Waals surface area contributed by atoms with Crippen LogP contribution in [0.5, 0.6) is 5.75 Å². The maximum atomic E-state index is 5.37. The SMILES string of the molecule is CCCNC(Cc1cccc(OC)c1)C1C2CCCCC21. The molecule has 1 N–H and O–H groups in total. The van der Waals surface area contributed by atoms with Crippen LogP contribution in [0, 0.1) is 17.8 Å². The Morgan fingerprint density at radius 3 is 2.67 bits per heavy atom. The van der Waals surface area contributed by atoms with Crippen molar-refractivity contribution in [3.8, 4) is 5.75 Å². The van der Waals surface area contributed by atoms with Crippen LogP contribution < -0.4 is 10.1 Å². The fourth-order valence-corrected chi connectivity index (χ4v) is 4.37. The Morgan fingerprint density at radius 2 is 2.00 bits per heavy atom. The van der Waals surface area contributed by atoms with Crippen molar-refractivity contribution in [2.24, 2.45) is 17.8 Å². The quantitative estimate of drug-likeness (QED) is 0.817. The highest BCUT2D eigenvalue weighted by Gasteiger charge is 2.53. The Kier molecular flexibility index (Phi) is 4.84. The van der Waals surface area contributed by atoms with Gasteiger partial charge in [0.15, 0.2) is 0 Å². The second-order valence-electron chi connectivity index (χ2n) is 6.81. The standard InChI is InChI=1S/C19H29NO/c1-3-11-20-18(19-16-9-4-5-10-17(16)19)13-14-7-6-8-15(12-14)21-2/h6-8,12,16-20H,3-5,9-11,13H2,1-2H3. The van der Waals surface area contributed by atoms with E-state index in [4.69, 9.17) is 4.74 Å². The maximum Gasteiger partial charge on any atom is 0.119 e. The van der Waals surface area contributed by atoms with Crippen molar-refractivity contribution in [2.75, 3.05) is 13.7 Å². The highest BCUT2D eigenvalue weighted by molar-refractivity contribution is 5.29. The van der Waals surface area contributed by atoms with Crippen LogP contribution >= 0.6 is 0 Å². The summed E-state index contributed by atoms with van der Waals surface area (Å²) in [4.78, 5) is 0. The van der Waals surface area contributed by atoms with E-state index < -0.39 is 0 Å². The largest absolute Gasteiger partial charge is 0.497 e. The van der Waals surface area contributed by atoms with Crippen molar-refractivity contribution in [3.63, 3.8) is 0 Å². The minimum Gasteiger partial charge on any atom is -0.497 e. The molecule has 0 aromatic heterocycles. The highest BCUT2D eigenvalue weighted by atomic mass is 16.5. The van der Waals surface area contributed by atoms with Gasteiger partial charge in [-0.25, -0.2) is 0 Å². The van der Waals surface area contributed by atoms with Gasteiger partial charge in [0, 0.05) is 6.04 Å². The zero-order valence-electron chi connectivity index (χ0n) is 13.5. The molecule has 2 heteroatoms. The van der Waals surface area contributed by atoms with E-state index in [9.17, 15) is 0 Å². The zero-order valence-corrected chi connectivity index (χ0v) is 13.5. The predicted octanol–water partition coefficient (Wildman–Crippen LogP) is 4.04. The van der Waals surface area contributed by atoms with Crippen molar-refractivity contribution in [2.45, 2.75) is 51.5 Å². The Bertz CT molecular complexity index is 447. The monoisotopic (exact) mass is 287 g/mol. The third kappa shape index (κ3) is 3.42. The minimum atomic E-state index is 0.658. The first-order valence-corrected chi connectivity index (χ1v) is 8.69. The molecule has 0 bridgehead atoms. The van der Waals surface area contributed by atoms with Gasteiger partial charge < -0.3 is 10.1 Å². The summed E-state index contributed by atoms with van der Waals surface area (Å²) < 4.78 is 5.37. The van der Waals surface area contributed by atoms with E-state index in [0.717, 1.165) is 36.5 Å². The van der Waals surface area contributed by atoms with Crippen LogP contribution in [0.1, 0.15) is 44.6 Å². The molecule has 3 rings (SSSR count). The van der Waals surface area contributed by atoms with Gasteiger partial charge in [-0.1, -0.05) is 31.9 Å². The Labute approximate surface area is 129 Å². The lowest BCUT2D eigenvalue weighted by molar-refractivity contribution is 0.410. The zero-order chi connectivity index (χ0) is 14.7. The lowest BCUT2D eigenvalue weighted by Crippen LogP contribution is -2.34. The molecule has 2 aliphatic carbocycles. The third-order valence-electron chi connectivity index (χ3n) is 5.43. The van der Waals surface area contributed by atoms with Gasteiger partial charge in [0.05, 0.1) is 7.11 Å². The van der Waals surface area contributed by atoms with Crippen LogP contribution in [0.25, 0.3) is 0 Å². The summed E-state index contributed by atoms with van der Waals surface area (Å²) in [7, 11) is 1.75. The van der Waals surface area contributed by atoms with E-state index in [1.54, 1.807) is 7.11 Å². The van der Waals surface area contributed by atoms with Crippen molar-refractivity contribution in [1.29, 1.82) is 0 Å². The summed E-state index contributed by atoms with van der Waals surface area (Å²) >= 11 is 0. The van der Waals surface area contributed by atoms with Crippen LogP contribution in [0.15, 0.2) is 24.3 Å². The summed E-state index contributed by atoms with van der Waals surface area (Å²) in [6, 6.07) is 9.26. The molecule has 3 unspecified atom stereocenters. The Hall–Kier alpha value is -1.02. The van der Waals surface area contributed by atoms with Crippen molar-refractivity contribution >= 4 is 0 Å². The number of nitrogens with one attached hydrogen (secondary N) is 1. The first-order chi connectivity index (χ1) is 10.3. The normalized spacial score (nSPS) is 28.8. The number of ether oxygens (including phenoxy) is 1. The molecule has 2 saturated carbocycles. The second kappa shape index (κ2) is 6.83. The molecular formula is C19H29NO. The lowest BCUT2D eigenvalue weighted by atomic mass is 9.99. The third-order valence-corrected chi connectivity index (χ3v) is 5.43. The average molecular weight is 287 g/mol. The molecule has 21 heavy (non-hydrogen) atoms. The molecule has 3 atom stereocenters. The molecule has 0 radical (unpaired) electrons. The van der Waals surface area contributed by atoms with Crippen LogP contribution in [-0.2, 0) is 6.42 Å². The van der Waals surface area contributed by atoms with Crippen LogP contribution in [0.3, 0.4) is 0 Å². The number of hydrogen-bond acceptors (Lipinski definition) is 2. The molecule has 0 aliphatic heterocycles. The predicted molar refractivity (Wildman–Crippen MR) is 87.7 cm³/mol. The summed E-state index contributed by atoms with van der Waals surface area (Å²) in [5.41, 5.74) is 1.41. The van der Waals surface area contributed by atoms with Crippen molar-refractivity contribution in [1.82, 2.24) is 5.32 Å². The Morgan fingerprint density at radius 1 is 1.24 bits per heavy atom. The van der Waals surface area contributed by atoms with Crippen LogP contribution in [0.2, 0.25) is 0 Å². The number of fused-ring (bicyclic) bond motifs is 1. The topological polar surface area (TPSA) is 21.3 Å². The van der Waals surface area contributed by atoms with Crippen LogP contribution in [0.4, 0.5) is 0 Å². The summed E-state index contributed by atoms with van der Waals surface area (Å²) in [6.45, 7) is 3.40. The summed E-state index contributed by atoms with van der Waals surface area (Å²) in [5, 5.41) is 3.83. The summed E-state index contributed by atoms with van der Waals surface area (Å²) in [6.07, 6.45) is 8.22. The molecule has 1 aromatic rings. The molecule has 2 fully saturated rings. The van der Waals surface area contributed by atoms with Gasteiger partial charge in [0.1, 0.15) is 5.75 Å². The molecule has 2 aliphatic rings. The van der Waals surface area contributed by atoms with E-state index in [1.807, 2.05) is 6.07 Å². The molecule has 0 spiro atoms. The number of rotatable bonds is 7.